The number of halogens is 3. The van der Waals surface area contributed by atoms with Crippen molar-refractivity contribution in [3.63, 3.8) is 0 Å². The van der Waals surface area contributed by atoms with Crippen LogP contribution in [-0.2, 0) is 27.2 Å². The van der Waals surface area contributed by atoms with Gasteiger partial charge in [-0.2, -0.15) is 13.2 Å². The molecule has 1 unspecified atom stereocenters. The summed E-state index contributed by atoms with van der Waals surface area (Å²) in [4.78, 5) is 46.6. The fourth-order valence-corrected chi connectivity index (χ4v) is 3.76. The maximum atomic E-state index is 12.5. The first-order chi connectivity index (χ1) is 15.5. The maximum Gasteiger partial charge on any atom is 0.490 e. The number of nitrogens with one attached hydrogen (secondary N) is 2. The number of hydrogen-bond donors (Lipinski definition) is 3. The van der Waals surface area contributed by atoms with Gasteiger partial charge in [0.25, 0.3) is 0 Å². The summed E-state index contributed by atoms with van der Waals surface area (Å²) in [5.74, 6) is -2.81. The number of carboxylic acids is 1. The molecule has 1 aromatic carbocycles. The van der Waals surface area contributed by atoms with Crippen molar-refractivity contribution >= 4 is 23.6 Å². The zero-order valence-electron chi connectivity index (χ0n) is 18.3. The number of fused-ring (bicyclic) bond motifs is 1. The summed E-state index contributed by atoms with van der Waals surface area (Å²) in [7, 11) is 0. The topological polar surface area (TPSA) is 116 Å². The molecule has 182 valence electrons. The van der Waals surface area contributed by atoms with E-state index in [1.807, 2.05) is 12.1 Å². The second-order valence-corrected chi connectivity index (χ2v) is 7.99. The molecule has 0 radical (unpaired) electrons. The van der Waals surface area contributed by atoms with Crippen molar-refractivity contribution in [1.82, 2.24) is 15.5 Å². The minimum absolute atomic E-state index is 0.00911. The standard InChI is InChI=1S/C20H27N3O3.C2HF3O2/c1-14(24)22-18-8-11-23(13-18)20(26)5-4-19(25)17-3-2-15-6-9-21-10-7-16(15)12-17;3-2(4,5)1(6)7/h2-3,12,18,21H,4-11,13H2,1H3,(H,22,24);(H,6,7). The average Bonchev–Trinajstić information content (AvgIpc) is 3.06. The van der Waals surface area contributed by atoms with Crippen LogP contribution < -0.4 is 10.6 Å². The highest BCUT2D eigenvalue weighted by molar-refractivity contribution is 5.98. The number of ketones is 1. The third-order valence-electron chi connectivity index (χ3n) is 5.43. The number of hydrogen-bond acceptors (Lipinski definition) is 5. The van der Waals surface area contributed by atoms with Crippen molar-refractivity contribution in [2.45, 2.75) is 51.2 Å². The van der Waals surface area contributed by atoms with Gasteiger partial charge in [-0.25, -0.2) is 4.79 Å². The Balaban J connectivity index is 0.000000479. The van der Waals surface area contributed by atoms with Gasteiger partial charge in [-0.3, -0.25) is 14.4 Å². The molecule has 3 N–H and O–H groups in total. The lowest BCUT2D eigenvalue weighted by Crippen LogP contribution is -2.37. The Morgan fingerprint density at radius 1 is 1.12 bits per heavy atom. The summed E-state index contributed by atoms with van der Waals surface area (Å²) in [5.41, 5.74) is 3.25. The molecule has 0 saturated carbocycles. The van der Waals surface area contributed by atoms with Crippen LogP contribution in [-0.4, -0.2) is 72.0 Å². The van der Waals surface area contributed by atoms with Crippen LogP contribution in [0, 0.1) is 0 Å². The molecule has 1 saturated heterocycles. The Morgan fingerprint density at radius 2 is 1.76 bits per heavy atom. The molecular weight excluding hydrogens is 443 g/mol. The van der Waals surface area contributed by atoms with E-state index in [4.69, 9.17) is 9.90 Å². The summed E-state index contributed by atoms with van der Waals surface area (Å²) >= 11 is 0. The summed E-state index contributed by atoms with van der Waals surface area (Å²) in [6.07, 6.45) is -1.92. The van der Waals surface area contributed by atoms with Crippen LogP contribution in [0.1, 0.15) is 47.7 Å². The molecule has 0 spiro atoms. The van der Waals surface area contributed by atoms with Gasteiger partial charge in [0.05, 0.1) is 0 Å². The summed E-state index contributed by atoms with van der Waals surface area (Å²) in [6, 6.07) is 5.97. The Hall–Kier alpha value is -2.95. The lowest BCUT2D eigenvalue weighted by Gasteiger charge is -2.16. The predicted molar refractivity (Wildman–Crippen MR) is 113 cm³/mol. The number of alkyl halides is 3. The molecule has 2 aliphatic heterocycles. The first kappa shape index (κ1) is 26.3. The summed E-state index contributed by atoms with van der Waals surface area (Å²) in [5, 5.41) is 13.3. The quantitative estimate of drug-likeness (QED) is 0.563. The molecule has 33 heavy (non-hydrogen) atoms. The lowest BCUT2D eigenvalue weighted by atomic mass is 9.97. The number of benzene rings is 1. The third kappa shape index (κ3) is 8.49. The largest absolute Gasteiger partial charge is 0.490 e. The van der Waals surface area contributed by atoms with Crippen molar-refractivity contribution in [2.75, 3.05) is 26.2 Å². The second-order valence-electron chi connectivity index (χ2n) is 7.99. The molecule has 0 aliphatic carbocycles. The normalized spacial score (nSPS) is 17.8. The SMILES string of the molecule is CC(=O)NC1CCN(C(=O)CCC(=O)c2ccc3c(c2)CCNCC3)C1.O=C(O)C(F)(F)F. The number of carbonyl (C=O) groups is 4. The van der Waals surface area contributed by atoms with E-state index in [0.717, 1.165) is 32.4 Å². The minimum Gasteiger partial charge on any atom is -0.475 e. The first-order valence-corrected chi connectivity index (χ1v) is 10.7. The summed E-state index contributed by atoms with van der Waals surface area (Å²) < 4.78 is 31.7. The molecule has 0 bridgehead atoms. The van der Waals surface area contributed by atoms with E-state index in [-0.39, 0.29) is 36.5 Å². The van der Waals surface area contributed by atoms with Crippen LogP contribution in [0.2, 0.25) is 0 Å². The van der Waals surface area contributed by atoms with Crippen LogP contribution in [0.5, 0.6) is 0 Å². The molecule has 1 aromatic rings. The predicted octanol–water partition coefficient (Wildman–Crippen LogP) is 1.71. The molecule has 11 heteroatoms. The highest BCUT2D eigenvalue weighted by Gasteiger charge is 2.38. The van der Waals surface area contributed by atoms with Gasteiger partial charge in [0, 0.05) is 44.5 Å². The number of amides is 2. The van der Waals surface area contributed by atoms with Crippen LogP contribution in [0.4, 0.5) is 13.2 Å². The number of Topliss-reactive ketones (excluding diaryl/α,β-unsaturated/α-hetero) is 1. The van der Waals surface area contributed by atoms with Crippen molar-refractivity contribution in [2.24, 2.45) is 0 Å². The van der Waals surface area contributed by atoms with E-state index in [0.29, 0.717) is 18.7 Å². The van der Waals surface area contributed by atoms with Crippen molar-refractivity contribution in [3.05, 3.63) is 34.9 Å². The van der Waals surface area contributed by atoms with E-state index in [1.165, 1.54) is 18.1 Å². The molecule has 2 aliphatic rings. The number of carbonyl (C=O) groups excluding carboxylic acids is 3. The first-order valence-electron chi connectivity index (χ1n) is 10.7. The molecule has 2 heterocycles. The Labute approximate surface area is 189 Å². The smallest absolute Gasteiger partial charge is 0.475 e. The fraction of sp³-hybridized carbons (Fsp3) is 0.545. The van der Waals surface area contributed by atoms with Gasteiger partial charge in [0.15, 0.2) is 5.78 Å². The van der Waals surface area contributed by atoms with Gasteiger partial charge in [-0.05, 0) is 49.5 Å². The van der Waals surface area contributed by atoms with Crippen molar-refractivity contribution in [1.29, 1.82) is 0 Å². The van der Waals surface area contributed by atoms with Gasteiger partial charge in [-0.1, -0.05) is 12.1 Å². The average molecular weight is 471 g/mol. The number of nitrogens with zero attached hydrogens (tertiary/aromatic N) is 1. The van der Waals surface area contributed by atoms with Gasteiger partial charge >= 0.3 is 12.1 Å². The maximum absolute atomic E-state index is 12.5. The van der Waals surface area contributed by atoms with E-state index in [1.54, 1.807) is 4.90 Å². The zero-order chi connectivity index (χ0) is 24.6. The van der Waals surface area contributed by atoms with Gasteiger partial charge in [0.2, 0.25) is 11.8 Å². The van der Waals surface area contributed by atoms with Crippen molar-refractivity contribution < 1.29 is 37.5 Å². The van der Waals surface area contributed by atoms with Crippen LogP contribution >= 0.6 is 0 Å². The number of aliphatic carboxylic acids is 1. The molecule has 1 atom stereocenters. The molecule has 0 aromatic heterocycles. The highest BCUT2D eigenvalue weighted by Crippen LogP contribution is 2.18. The van der Waals surface area contributed by atoms with Crippen LogP contribution in [0.3, 0.4) is 0 Å². The Morgan fingerprint density at radius 3 is 2.36 bits per heavy atom. The highest BCUT2D eigenvalue weighted by atomic mass is 19.4. The Kier molecular flexibility index (Phi) is 9.39. The third-order valence-corrected chi connectivity index (χ3v) is 5.43. The molecule has 1 fully saturated rings. The summed E-state index contributed by atoms with van der Waals surface area (Å²) in [6.45, 7) is 4.58. The van der Waals surface area contributed by atoms with Crippen molar-refractivity contribution in [3.8, 4) is 0 Å². The van der Waals surface area contributed by atoms with E-state index in [2.05, 4.69) is 16.7 Å². The number of rotatable bonds is 5. The van der Waals surface area contributed by atoms with Gasteiger partial charge < -0.3 is 20.6 Å². The number of likely N-dealkylation sites (tertiary alicyclic amines) is 1. The van der Waals surface area contributed by atoms with E-state index in [9.17, 15) is 27.6 Å². The monoisotopic (exact) mass is 471 g/mol. The van der Waals surface area contributed by atoms with Gasteiger partial charge in [-0.15, -0.1) is 0 Å². The molecule has 2 amide bonds. The molecule has 8 nitrogen and oxygen atoms in total. The fourth-order valence-electron chi connectivity index (χ4n) is 3.76. The van der Waals surface area contributed by atoms with E-state index >= 15 is 0 Å². The van der Waals surface area contributed by atoms with Gasteiger partial charge in [0.1, 0.15) is 0 Å². The zero-order valence-corrected chi connectivity index (χ0v) is 18.3. The molecular formula is C22H28F3N3O5. The van der Waals surface area contributed by atoms with E-state index < -0.39 is 12.1 Å². The lowest BCUT2D eigenvalue weighted by molar-refractivity contribution is -0.192. The minimum atomic E-state index is -5.08. The second kappa shape index (κ2) is 11.8. The molecule has 3 rings (SSSR count). The Bertz CT molecular complexity index is 889. The van der Waals surface area contributed by atoms with Crippen LogP contribution in [0.15, 0.2) is 18.2 Å². The van der Waals surface area contributed by atoms with Crippen LogP contribution in [0.25, 0.3) is 0 Å². The number of carboxylic acid groups (broad SMARTS) is 1.